The molecule has 0 aromatic rings. The van der Waals surface area contributed by atoms with Crippen LogP contribution in [0.3, 0.4) is 0 Å². The van der Waals surface area contributed by atoms with E-state index in [1.165, 1.54) is 19.5 Å². The molecule has 1 heterocycles. The molecule has 0 saturated carbocycles. The van der Waals surface area contributed by atoms with Gasteiger partial charge >= 0.3 is 0 Å². The molecule has 2 nitrogen and oxygen atoms in total. The van der Waals surface area contributed by atoms with E-state index in [1.54, 1.807) is 0 Å². The molecular weight excluding hydrogens is 196 g/mol. The van der Waals surface area contributed by atoms with Crippen molar-refractivity contribution in [2.24, 2.45) is 5.92 Å². The second kappa shape index (κ2) is 5.74. The highest BCUT2D eigenvalue weighted by atomic mass is 35.5. The molecule has 82 valence electrons. The zero-order chi connectivity index (χ0) is 10.6. The summed E-state index contributed by atoms with van der Waals surface area (Å²) in [7, 11) is 0. The number of likely N-dealkylation sites (tertiary alicyclic amines) is 1. The van der Waals surface area contributed by atoms with Gasteiger partial charge < -0.3 is 10.2 Å². The van der Waals surface area contributed by atoms with Crippen molar-refractivity contribution in [3.63, 3.8) is 0 Å². The molecule has 0 aliphatic carbocycles. The number of nitrogens with one attached hydrogen (secondary N) is 1. The standard InChI is InChI=1S/C11H21ClN2/c1-9(2)14-5-4-11(8-14)7-13-6-10(3)12/h9,11,13H,3-8H2,1-2H3. The molecule has 3 heteroatoms. The molecule has 1 unspecified atom stereocenters. The number of halogens is 1. The van der Waals surface area contributed by atoms with Crippen LogP contribution in [0.1, 0.15) is 20.3 Å². The van der Waals surface area contributed by atoms with Gasteiger partial charge in [-0.2, -0.15) is 0 Å². The predicted molar refractivity (Wildman–Crippen MR) is 62.7 cm³/mol. The first-order valence-electron chi connectivity index (χ1n) is 5.37. The molecule has 0 amide bonds. The van der Waals surface area contributed by atoms with Crippen molar-refractivity contribution in [3.05, 3.63) is 11.6 Å². The van der Waals surface area contributed by atoms with E-state index in [1.807, 2.05) is 0 Å². The minimum absolute atomic E-state index is 0.683. The Morgan fingerprint density at radius 2 is 2.36 bits per heavy atom. The molecule has 0 aromatic carbocycles. The second-order valence-corrected chi connectivity index (χ2v) is 4.93. The summed E-state index contributed by atoms with van der Waals surface area (Å²) in [6.07, 6.45) is 1.31. The van der Waals surface area contributed by atoms with Crippen LogP contribution in [-0.2, 0) is 0 Å². The van der Waals surface area contributed by atoms with Crippen molar-refractivity contribution in [1.29, 1.82) is 0 Å². The fourth-order valence-electron chi connectivity index (χ4n) is 1.91. The van der Waals surface area contributed by atoms with E-state index in [4.69, 9.17) is 11.6 Å². The Morgan fingerprint density at radius 1 is 1.64 bits per heavy atom. The Morgan fingerprint density at radius 3 is 2.86 bits per heavy atom. The monoisotopic (exact) mass is 216 g/mol. The molecule has 1 rings (SSSR count). The van der Waals surface area contributed by atoms with Crippen molar-refractivity contribution in [1.82, 2.24) is 10.2 Å². The average molecular weight is 217 g/mol. The quantitative estimate of drug-likeness (QED) is 0.757. The molecule has 0 radical (unpaired) electrons. The van der Waals surface area contributed by atoms with Gasteiger partial charge in [0.1, 0.15) is 0 Å². The van der Waals surface area contributed by atoms with Crippen molar-refractivity contribution in [2.45, 2.75) is 26.3 Å². The van der Waals surface area contributed by atoms with Gasteiger partial charge in [-0.25, -0.2) is 0 Å². The second-order valence-electron chi connectivity index (χ2n) is 4.39. The van der Waals surface area contributed by atoms with Crippen LogP contribution in [0.2, 0.25) is 0 Å². The maximum atomic E-state index is 5.67. The fraction of sp³-hybridized carbons (Fsp3) is 0.818. The van der Waals surface area contributed by atoms with Gasteiger partial charge in [0.2, 0.25) is 0 Å². The third-order valence-corrected chi connectivity index (χ3v) is 2.93. The summed E-state index contributed by atoms with van der Waals surface area (Å²) >= 11 is 5.67. The van der Waals surface area contributed by atoms with Crippen LogP contribution in [0.4, 0.5) is 0 Å². The Hall–Kier alpha value is -0.0500. The molecule has 0 aromatic heterocycles. The molecular formula is C11H21ClN2. The van der Waals surface area contributed by atoms with Crippen LogP contribution in [0.25, 0.3) is 0 Å². The van der Waals surface area contributed by atoms with Crippen molar-refractivity contribution in [3.8, 4) is 0 Å². The van der Waals surface area contributed by atoms with E-state index in [2.05, 4.69) is 30.6 Å². The van der Waals surface area contributed by atoms with Crippen molar-refractivity contribution >= 4 is 11.6 Å². The van der Waals surface area contributed by atoms with Crippen molar-refractivity contribution in [2.75, 3.05) is 26.2 Å². The van der Waals surface area contributed by atoms with Gasteiger partial charge in [0, 0.05) is 24.2 Å². The average Bonchev–Trinajstić information content (AvgIpc) is 2.52. The summed E-state index contributed by atoms with van der Waals surface area (Å²) in [5.74, 6) is 0.786. The largest absolute Gasteiger partial charge is 0.311 e. The van der Waals surface area contributed by atoms with E-state index in [9.17, 15) is 0 Å². The van der Waals surface area contributed by atoms with Crippen LogP contribution in [-0.4, -0.2) is 37.1 Å². The van der Waals surface area contributed by atoms with Crippen LogP contribution in [0.5, 0.6) is 0 Å². The SMILES string of the molecule is C=C(Cl)CNCC1CCN(C(C)C)C1. The first-order chi connectivity index (χ1) is 6.59. The lowest BCUT2D eigenvalue weighted by atomic mass is 10.1. The number of rotatable bonds is 5. The van der Waals surface area contributed by atoms with Gasteiger partial charge in [-0.05, 0) is 39.3 Å². The minimum atomic E-state index is 0.683. The molecule has 0 bridgehead atoms. The van der Waals surface area contributed by atoms with Gasteiger partial charge in [0.05, 0.1) is 0 Å². The summed E-state index contributed by atoms with van der Waals surface area (Å²) in [6, 6.07) is 0.683. The number of hydrogen-bond acceptors (Lipinski definition) is 2. The predicted octanol–water partition coefficient (Wildman–Crippen LogP) is 2.06. The molecule has 0 spiro atoms. The highest BCUT2D eigenvalue weighted by Gasteiger charge is 2.23. The minimum Gasteiger partial charge on any atom is -0.311 e. The van der Waals surface area contributed by atoms with E-state index in [0.717, 1.165) is 19.0 Å². The Bertz CT molecular complexity index is 192. The van der Waals surface area contributed by atoms with Crippen LogP contribution < -0.4 is 5.32 Å². The van der Waals surface area contributed by atoms with E-state index in [0.29, 0.717) is 11.1 Å². The molecule has 1 aliphatic heterocycles. The molecule has 1 saturated heterocycles. The third-order valence-electron chi connectivity index (χ3n) is 2.80. The highest BCUT2D eigenvalue weighted by Crippen LogP contribution is 2.17. The first kappa shape index (κ1) is 12.0. The van der Waals surface area contributed by atoms with E-state index >= 15 is 0 Å². The van der Waals surface area contributed by atoms with E-state index < -0.39 is 0 Å². The number of hydrogen-bond donors (Lipinski definition) is 1. The molecule has 1 aliphatic rings. The summed E-state index contributed by atoms with van der Waals surface area (Å²) in [4.78, 5) is 2.53. The summed E-state index contributed by atoms with van der Waals surface area (Å²) in [5.41, 5.74) is 0. The molecule has 14 heavy (non-hydrogen) atoms. The maximum Gasteiger partial charge on any atom is 0.0307 e. The van der Waals surface area contributed by atoms with Gasteiger partial charge in [-0.3, -0.25) is 0 Å². The Balaban J connectivity index is 2.13. The topological polar surface area (TPSA) is 15.3 Å². The summed E-state index contributed by atoms with van der Waals surface area (Å²) in [6.45, 7) is 12.4. The van der Waals surface area contributed by atoms with E-state index in [-0.39, 0.29) is 0 Å². The molecule has 1 fully saturated rings. The van der Waals surface area contributed by atoms with Gasteiger partial charge in [0.25, 0.3) is 0 Å². The zero-order valence-electron chi connectivity index (χ0n) is 9.22. The summed E-state index contributed by atoms with van der Waals surface area (Å²) in [5, 5.41) is 4.03. The van der Waals surface area contributed by atoms with Crippen LogP contribution >= 0.6 is 11.6 Å². The zero-order valence-corrected chi connectivity index (χ0v) is 9.98. The Kier molecular flexibility index (Phi) is 4.93. The number of nitrogens with zero attached hydrogens (tertiary/aromatic N) is 1. The normalized spacial score (nSPS) is 23.3. The lowest BCUT2D eigenvalue weighted by Gasteiger charge is -2.20. The summed E-state index contributed by atoms with van der Waals surface area (Å²) < 4.78 is 0. The van der Waals surface area contributed by atoms with Crippen LogP contribution in [0.15, 0.2) is 11.6 Å². The Labute approximate surface area is 92.3 Å². The third kappa shape index (κ3) is 3.99. The highest BCUT2D eigenvalue weighted by molar-refractivity contribution is 6.29. The smallest absolute Gasteiger partial charge is 0.0307 e. The molecule has 1 N–H and O–H groups in total. The van der Waals surface area contributed by atoms with Crippen LogP contribution in [0, 0.1) is 5.92 Å². The molecule has 1 atom stereocenters. The first-order valence-corrected chi connectivity index (χ1v) is 5.75. The lowest BCUT2D eigenvalue weighted by Crippen LogP contribution is -2.30. The van der Waals surface area contributed by atoms with Gasteiger partial charge in [0.15, 0.2) is 0 Å². The fourth-order valence-corrected chi connectivity index (χ4v) is 2.00. The maximum absolute atomic E-state index is 5.67. The van der Waals surface area contributed by atoms with Gasteiger partial charge in [-0.1, -0.05) is 18.2 Å². The van der Waals surface area contributed by atoms with Gasteiger partial charge in [-0.15, -0.1) is 0 Å². The van der Waals surface area contributed by atoms with Crippen molar-refractivity contribution < 1.29 is 0 Å². The lowest BCUT2D eigenvalue weighted by molar-refractivity contribution is 0.264.